The fraction of sp³-hybridized carbons (Fsp3) is 0.600. The van der Waals surface area contributed by atoms with Crippen LogP contribution in [0, 0.1) is 0 Å². The van der Waals surface area contributed by atoms with Crippen molar-refractivity contribution in [3.8, 4) is 0 Å². The van der Waals surface area contributed by atoms with Crippen molar-refractivity contribution < 1.29 is 19.2 Å². The van der Waals surface area contributed by atoms with Crippen LogP contribution < -0.4 is 0 Å². The van der Waals surface area contributed by atoms with Crippen molar-refractivity contribution in [3.63, 3.8) is 0 Å². The zero-order valence-corrected chi connectivity index (χ0v) is 9.70. The van der Waals surface area contributed by atoms with Crippen LogP contribution in [-0.2, 0) is 10.5 Å². The fourth-order valence-electron chi connectivity index (χ4n) is 1.60. The van der Waals surface area contributed by atoms with Crippen molar-refractivity contribution >= 4 is 17.7 Å². The molecule has 1 aromatic rings. The van der Waals surface area contributed by atoms with E-state index >= 15 is 0 Å². The maximum atomic E-state index is 10.6. The van der Waals surface area contributed by atoms with Gasteiger partial charge in [-0.3, -0.25) is 0 Å². The van der Waals surface area contributed by atoms with Gasteiger partial charge in [0.05, 0.1) is 11.9 Å². The number of ether oxygens (including phenoxy) is 1. The lowest BCUT2D eigenvalue weighted by Crippen LogP contribution is -2.13. The van der Waals surface area contributed by atoms with E-state index in [0.29, 0.717) is 16.8 Å². The molecule has 16 heavy (non-hydrogen) atoms. The Balaban J connectivity index is 1.87. The number of hydrogen-bond donors (Lipinski definition) is 1. The summed E-state index contributed by atoms with van der Waals surface area (Å²) in [4.78, 5) is 10.6. The first-order valence-corrected chi connectivity index (χ1v) is 6.14. The Morgan fingerprint density at radius 2 is 2.56 bits per heavy atom. The molecule has 2 rings (SSSR count). The van der Waals surface area contributed by atoms with Gasteiger partial charge in [0, 0.05) is 17.9 Å². The molecule has 1 fully saturated rings. The minimum Gasteiger partial charge on any atom is -0.476 e. The Morgan fingerprint density at radius 1 is 1.75 bits per heavy atom. The zero-order valence-electron chi connectivity index (χ0n) is 8.88. The molecule has 1 aliphatic heterocycles. The van der Waals surface area contributed by atoms with Crippen LogP contribution in [0.2, 0.25) is 0 Å². The van der Waals surface area contributed by atoms with Crippen molar-refractivity contribution in [1.82, 2.24) is 5.16 Å². The Bertz CT molecular complexity index is 379. The van der Waals surface area contributed by atoms with Gasteiger partial charge in [0.2, 0.25) is 0 Å². The third-order valence-electron chi connectivity index (χ3n) is 2.52. The van der Waals surface area contributed by atoms with Crippen LogP contribution >= 0.6 is 11.8 Å². The smallest absolute Gasteiger partial charge is 0.358 e. The molecule has 0 aromatic carbocycles. The largest absolute Gasteiger partial charge is 0.476 e. The second kappa shape index (κ2) is 4.88. The average molecular weight is 243 g/mol. The van der Waals surface area contributed by atoms with Gasteiger partial charge in [0.1, 0.15) is 5.76 Å². The van der Waals surface area contributed by atoms with Gasteiger partial charge >= 0.3 is 5.97 Å². The Kier molecular flexibility index (Phi) is 3.50. The molecule has 1 aliphatic rings. The van der Waals surface area contributed by atoms with Gasteiger partial charge in [-0.15, -0.1) is 11.8 Å². The summed E-state index contributed by atoms with van der Waals surface area (Å²) in [5.41, 5.74) is -0.0358. The Hall–Kier alpha value is -1.01. The van der Waals surface area contributed by atoms with Crippen molar-refractivity contribution in [2.45, 2.75) is 30.5 Å². The van der Waals surface area contributed by atoms with Crippen LogP contribution in [0.25, 0.3) is 0 Å². The molecular formula is C10H13NO4S. The van der Waals surface area contributed by atoms with Gasteiger partial charge < -0.3 is 14.4 Å². The molecular weight excluding hydrogens is 230 g/mol. The van der Waals surface area contributed by atoms with Crippen LogP contribution in [-0.4, -0.2) is 34.2 Å². The maximum Gasteiger partial charge on any atom is 0.358 e. The number of hydrogen-bond acceptors (Lipinski definition) is 5. The molecule has 0 radical (unpaired) electrons. The fourth-order valence-corrected chi connectivity index (χ4v) is 2.73. The van der Waals surface area contributed by atoms with E-state index in [0.717, 1.165) is 13.0 Å². The summed E-state index contributed by atoms with van der Waals surface area (Å²) in [5.74, 6) is 0.178. The van der Waals surface area contributed by atoms with Crippen LogP contribution in [0.3, 0.4) is 0 Å². The molecule has 0 aliphatic carbocycles. The minimum atomic E-state index is -1.06. The molecule has 2 unspecified atom stereocenters. The van der Waals surface area contributed by atoms with E-state index < -0.39 is 5.97 Å². The van der Waals surface area contributed by atoms with Gasteiger partial charge in [0.25, 0.3) is 0 Å². The number of thioether (sulfide) groups is 1. The third-order valence-corrected chi connectivity index (χ3v) is 4.02. The summed E-state index contributed by atoms with van der Waals surface area (Å²) in [5, 5.41) is 12.6. The third kappa shape index (κ3) is 2.56. The predicted octanol–water partition coefficient (Wildman–Crippen LogP) is 1.78. The lowest BCUT2D eigenvalue weighted by molar-refractivity contribution is 0.0685. The first kappa shape index (κ1) is 11.5. The summed E-state index contributed by atoms with van der Waals surface area (Å²) < 4.78 is 10.4. The molecule has 0 amide bonds. The van der Waals surface area contributed by atoms with E-state index in [1.165, 1.54) is 6.07 Å². The Morgan fingerprint density at radius 3 is 3.12 bits per heavy atom. The topological polar surface area (TPSA) is 72.6 Å². The van der Waals surface area contributed by atoms with Crippen LogP contribution in [0.4, 0.5) is 0 Å². The molecule has 6 heteroatoms. The molecule has 0 saturated carbocycles. The van der Waals surface area contributed by atoms with E-state index in [1.807, 2.05) is 6.92 Å². The van der Waals surface area contributed by atoms with Crippen molar-refractivity contribution in [2.24, 2.45) is 0 Å². The number of nitrogens with zero attached hydrogens (tertiary/aromatic N) is 1. The summed E-state index contributed by atoms with van der Waals surface area (Å²) in [6, 6.07) is 1.47. The van der Waals surface area contributed by atoms with Crippen LogP contribution in [0.15, 0.2) is 10.6 Å². The van der Waals surface area contributed by atoms with E-state index in [-0.39, 0.29) is 11.8 Å². The second-order valence-corrected chi connectivity index (χ2v) is 4.93. The van der Waals surface area contributed by atoms with Gasteiger partial charge in [-0.2, -0.15) is 0 Å². The molecule has 2 atom stereocenters. The monoisotopic (exact) mass is 243 g/mol. The molecule has 2 heterocycles. The number of aromatic carboxylic acids is 1. The standard InChI is InChI=1S/C10H13NO4S/c1-6-9(2-3-14-6)16-5-7-4-8(10(12)13)11-15-7/h4,6,9H,2-3,5H2,1H3,(H,12,13). The van der Waals surface area contributed by atoms with E-state index in [1.54, 1.807) is 11.8 Å². The second-order valence-electron chi connectivity index (χ2n) is 3.70. The van der Waals surface area contributed by atoms with Crippen molar-refractivity contribution in [1.29, 1.82) is 0 Å². The molecule has 1 saturated heterocycles. The average Bonchev–Trinajstić information content (AvgIpc) is 2.83. The first-order chi connectivity index (χ1) is 7.66. The number of carboxylic acids is 1. The lowest BCUT2D eigenvalue weighted by Gasteiger charge is -2.11. The lowest BCUT2D eigenvalue weighted by atomic mass is 10.3. The number of rotatable bonds is 4. The van der Waals surface area contributed by atoms with Crippen molar-refractivity contribution in [3.05, 3.63) is 17.5 Å². The summed E-state index contributed by atoms with van der Waals surface area (Å²) in [6.07, 6.45) is 1.29. The van der Waals surface area contributed by atoms with E-state index in [2.05, 4.69) is 5.16 Å². The number of aromatic nitrogens is 1. The Labute approximate surface area is 97.1 Å². The first-order valence-electron chi connectivity index (χ1n) is 5.09. The van der Waals surface area contributed by atoms with Gasteiger partial charge in [-0.05, 0) is 13.3 Å². The summed E-state index contributed by atoms with van der Waals surface area (Å²) >= 11 is 1.72. The molecule has 1 N–H and O–H groups in total. The van der Waals surface area contributed by atoms with Crippen LogP contribution in [0.1, 0.15) is 29.6 Å². The number of carboxylic acid groups (broad SMARTS) is 1. The number of carbonyl (C=O) groups is 1. The SMILES string of the molecule is CC1OCCC1SCc1cc(C(=O)O)no1. The highest BCUT2D eigenvalue weighted by Gasteiger charge is 2.25. The normalized spacial score (nSPS) is 24.8. The van der Waals surface area contributed by atoms with E-state index in [9.17, 15) is 4.79 Å². The minimum absolute atomic E-state index is 0.0358. The highest BCUT2D eigenvalue weighted by Crippen LogP contribution is 2.29. The molecule has 5 nitrogen and oxygen atoms in total. The predicted molar refractivity (Wildman–Crippen MR) is 58.6 cm³/mol. The van der Waals surface area contributed by atoms with E-state index in [4.69, 9.17) is 14.4 Å². The van der Waals surface area contributed by atoms with Gasteiger partial charge in [-0.1, -0.05) is 5.16 Å². The molecule has 0 spiro atoms. The van der Waals surface area contributed by atoms with Crippen molar-refractivity contribution in [2.75, 3.05) is 6.61 Å². The highest BCUT2D eigenvalue weighted by molar-refractivity contribution is 7.99. The van der Waals surface area contributed by atoms with Gasteiger partial charge in [-0.25, -0.2) is 4.79 Å². The maximum absolute atomic E-state index is 10.6. The summed E-state index contributed by atoms with van der Waals surface area (Å²) in [7, 11) is 0. The summed E-state index contributed by atoms with van der Waals surface area (Å²) in [6.45, 7) is 2.85. The zero-order chi connectivity index (χ0) is 11.5. The molecule has 88 valence electrons. The van der Waals surface area contributed by atoms with Crippen LogP contribution in [0.5, 0.6) is 0 Å². The highest BCUT2D eigenvalue weighted by atomic mass is 32.2. The quantitative estimate of drug-likeness (QED) is 0.869. The van der Waals surface area contributed by atoms with Gasteiger partial charge in [0.15, 0.2) is 5.69 Å². The molecule has 1 aromatic heterocycles. The molecule has 0 bridgehead atoms.